The van der Waals surface area contributed by atoms with Gasteiger partial charge in [0, 0.05) is 0 Å². The zero-order valence-corrected chi connectivity index (χ0v) is 6.81. The molecule has 0 heterocycles. The van der Waals surface area contributed by atoms with E-state index in [2.05, 4.69) is 0 Å². The summed E-state index contributed by atoms with van der Waals surface area (Å²) >= 11 is 0. The first-order valence-electron chi connectivity index (χ1n) is 1.48. The Bertz CT molecular complexity index is 104. The molecule has 0 rings (SSSR count). The summed E-state index contributed by atoms with van der Waals surface area (Å²) < 4.78 is 10.9. The van der Waals surface area contributed by atoms with Crippen LogP contribution in [0.3, 0.4) is 0 Å². The largest absolute Gasteiger partial charge is 1.00 e. The van der Waals surface area contributed by atoms with Gasteiger partial charge in [-0.1, -0.05) is 0 Å². The first-order chi connectivity index (χ1) is 3.18. The van der Waals surface area contributed by atoms with E-state index in [1.54, 1.807) is 0 Å². The minimum absolute atomic E-state index is 0. The van der Waals surface area contributed by atoms with Crippen molar-refractivity contribution in [3.05, 3.63) is 0 Å². The number of alkyl halides is 1. The maximum absolute atomic E-state index is 10.9. The fourth-order valence-electron chi connectivity index (χ4n) is 0.0546. The van der Waals surface area contributed by atoms with Crippen LogP contribution >= 0.6 is 0 Å². The molecule has 2 N–H and O–H groups in total. The van der Waals surface area contributed by atoms with Gasteiger partial charge < -0.3 is 15.4 Å². The quantitative estimate of drug-likeness (QED) is 0.287. The molecule has 0 aromatic carbocycles. The number of Topliss-reactive ketones (excluding diaryl/α,β-unsaturated/α-hetero) is 1. The van der Waals surface area contributed by atoms with Crippen molar-refractivity contribution in [2.45, 2.75) is 0 Å². The Morgan fingerprint density at radius 2 is 1.78 bits per heavy atom. The standard InChI is InChI=1S/C3H3FO3.Na.H2O/c4-1-2(5)3(6)7;;/h1H2,(H,6,7);;1H2/q;+1;/p-1. The Balaban J connectivity index is -0.000000180. The first-order valence-corrected chi connectivity index (χ1v) is 1.48. The van der Waals surface area contributed by atoms with Crippen LogP contribution in [0.1, 0.15) is 0 Å². The van der Waals surface area contributed by atoms with Crippen LogP contribution in [-0.2, 0) is 9.59 Å². The second kappa shape index (κ2) is 8.03. The van der Waals surface area contributed by atoms with E-state index < -0.39 is 18.4 Å². The number of halogens is 1. The molecule has 4 nitrogen and oxygen atoms in total. The van der Waals surface area contributed by atoms with Crippen molar-refractivity contribution in [3.8, 4) is 0 Å². The van der Waals surface area contributed by atoms with Crippen LogP contribution in [0.2, 0.25) is 0 Å². The topological polar surface area (TPSA) is 88.7 Å². The summed E-state index contributed by atoms with van der Waals surface area (Å²) in [7, 11) is 0. The minimum Gasteiger partial charge on any atom is -0.542 e. The number of carbonyl (C=O) groups is 2. The SMILES string of the molecule is O.O=C([O-])C(=O)CF.[Na+]. The van der Waals surface area contributed by atoms with E-state index >= 15 is 0 Å². The van der Waals surface area contributed by atoms with Gasteiger partial charge in [-0.05, 0) is 0 Å². The number of rotatable bonds is 2. The molecule has 0 spiro atoms. The third-order valence-electron chi connectivity index (χ3n) is 0.349. The molecular formula is C3H4FNaO4. The molecule has 48 valence electrons. The zero-order valence-electron chi connectivity index (χ0n) is 4.81. The molecule has 0 saturated carbocycles. The van der Waals surface area contributed by atoms with Crippen molar-refractivity contribution >= 4 is 11.8 Å². The molecule has 9 heavy (non-hydrogen) atoms. The van der Waals surface area contributed by atoms with E-state index in [1.165, 1.54) is 0 Å². The zero-order chi connectivity index (χ0) is 5.86. The van der Waals surface area contributed by atoms with Crippen molar-refractivity contribution in [2.24, 2.45) is 0 Å². The van der Waals surface area contributed by atoms with E-state index in [9.17, 15) is 19.1 Å². The summed E-state index contributed by atoms with van der Waals surface area (Å²) in [5, 5.41) is 9.23. The molecule has 6 heteroatoms. The molecule has 0 radical (unpaired) electrons. The van der Waals surface area contributed by atoms with Crippen LogP contribution < -0.4 is 34.7 Å². The van der Waals surface area contributed by atoms with Crippen LogP contribution in [0.4, 0.5) is 4.39 Å². The van der Waals surface area contributed by atoms with Crippen LogP contribution in [0.15, 0.2) is 0 Å². The number of ketones is 1. The molecule has 0 atom stereocenters. The summed E-state index contributed by atoms with van der Waals surface area (Å²) in [5.74, 6) is -3.48. The first kappa shape index (κ1) is 16.0. The number of aliphatic carboxylic acids is 1. The maximum Gasteiger partial charge on any atom is 1.00 e. The second-order valence-corrected chi connectivity index (χ2v) is 0.844. The Hall–Kier alpha value is 0.0300. The van der Waals surface area contributed by atoms with Crippen molar-refractivity contribution in [3.63, 3.8) is 0 Å². The van der Waals surface area contributed by atoms with E-state index in [0.717, 1.165) is 0 Å². The smallest absolute Gasteiger partial charge is 0.542 e. The van der Waals surface area contributed by atoms with Gasteiger partial charge >= 0.3 is 29.6 Å². The third kappa shape index (κ3) is 8.03. The maximum atomic E-state index is 10.9. The molecule has 0 bridgehead atoms. The van der Waals surface area contributed by atoms with Gasteiger partial charge in [0.25, 0.3) is 0 Å². The summed E-state index contributed by atoms with van der Waals surface area (Å²) in [5.41, 5.74) is 0. The van der Waals surface area contributed by atoms with Gasteiger partial charge in [0.05, 0.1) is 0 Å². The Morgan fingerprint density at radius 3 is 1.78 bits per heavy atom. The molecular weight excluding hydrogens is 142 g/mol. The number of carboxylic acids is 1. The molecule has 0 aromatic heterocycles. The average Bonchev–Trinajstić information content (AvgIpc) is 1.65. The molecule has 0 saturated heterocycles. The number of carboxylic acid groups (broad SMARTS) is 1. The third-order valence-corrected chi connectivity index (χ3v) is 0.349. The van der Waals surface area contributed by atoms with Gasteiger partial charge in [-0.15, -0.1) is 0 Å². The van der Waals surface area contributed by atoms with Crippen LogP contribution in [0.5, 0.6) is 0 Å². The summed E-state index contributed by atoms with van der Waals surface area (Å²) in [6, 6.07) is 0. The van der Waals surface area contributed by atoms with Crippen LogP contribution in [0.25, 0.3) is 0 Å². The molecule has 0 aliphatic heterocycles. The monoisotopic (exact) mass is 146 g/mol. The molecule has 0 unspecified atom stereocenters. The fourth-order valence-corrected chi connectivity index (χ4v) is 0.0546. The Labute approximate surface area is 72.6 Å². The molecule has 0 fully saturated rings. The Morgan fingerprint density at radius 1 is 1.44 bits per heavy atom. The summed E-state index contributed by atoms with van der Waals surface area (Å²) in [4.78, 5) is 18.7. The number of hydrogen-bond donors (Lipinski definition) is 0. The summed E-state index contributed by atoms with van der Waals surface area (Å²) in [6.07, 6.45) is 0. The van der Waals surface area contributed by atoms with Crippen molar-refractivity contribution in [2.75, 3.05) is 6.67 Å². The normalized spacial score (nSPS) is 6.33. The molecule has 0 aliphatic carbocycles. The second-order valence-electron chi connectivity index (χ2n) is 0.844. The van der Waals surface area contributed by atoms with Crippen molar-refractivity contribution < 1.29 is 54.1 Å². The van der Waals surface area contributed by atoms with E-state index in [4.69, 9.17) is 0 Å². The van der Waals surface area contributed by atoms with Crippen LogP contribution in [0, 0.1) is 0 Å². The predicted octanol–water partition coefficient (Wildman–Crippen LogP) is -5.55. The average molecular weight is 146 g/mol. The Kier molecular flexibility index (Phi) is 14.3. The molecule has 0 aromatic rings. The molecule has 0 amide bonds. The summed E-state index contributed by atoms with van der Waals surface area (Å²) in [6.45, 7) is -1.48. The van der Waals surface area contributed by atoms with Crippen LogP contribution in [-0.4, -0.2) is 23.9 Å². The van der Waals surface area contributed by atoms with Gasteiger partial charge in [0.2, 0.25) is 5.78 Å². The fraction of sp³-hybridized carbons (Fsp3) is 0.333. The van der Waals surface area contributed by atoms with Gasteiger partial charge in [0.1, 0.15) is 5.97 Å². The minimum atomic E-state index is -1.97. The van der Waals surface area contributed by atoms with Gasteiger partial charge in [-0.3, -0.25) is 4.79 Å². The predicted molar refractivity (Wildman–Crippen MR) is 19.6 cm³/mol. The van der Waals surface area contributed by atoms with E-state index in [0.29, 0.717) is 0 Å². The van der Waals surface area contributed by atoms with Gasteiger partial charge in [-0.25, -0.2) is 4.39 Å². The van der Waals surface area contributed by atoms with E-state index in [-0.39, 0.29) is 35.0 Å². The van der Waals surface area contributed by atoms with Crippen molar-refractivity contribution in [1.29, 1.82) is 0 Å². The molecule has 0 aliphatic rings. The number of carbonyl (C=O) groups excluding carboxylic acids is 2. The van der Waals surface area contributed by atoms with E-state index in [1.807, 2.05) is 0 Å². The van der Waals surface area contributed by atoms with Gasteiger partial charge in [0.15, 0.2) is 6.67 Å². The van der Waals surface area contributed by atoms with Crippen molar-refractivity contribution in [1.82, 2.24) is 0 Å². The number of hydrogen-bond acceptors (Lipinski definition) is 3. The van der Waals surface area contributed by atoms with Gasteiger partial charge in [-0.2, -0.15) is 0 Å².